The number of hydrogen-bond donors (Lipinski definition) is 5. The maximum absolute atomic E-state index is 14.5. The second kappa shape index (κ2) is 23.7. The minimum absolute atomic E-state index is 0.00761. The molecule has 2 fully saturated rings. The van der Waals surface area contributed by atoms with Crippen LogP contribution in [0.2, 0.25) is 0 Å². The van der Waals surface area contributed by atoms with Gasteiger partial charge in [-0.15, -0.1) is 9.60 Å². The van der Waals surface area contributed by atoms with E-state index in [9.17, 15) is 53.1 Å². The molecule has 23 heteroatoms. The van der Waals surface area contributed by atoms with Crippen molar-refractivity contribution in [2.24, 2.45) is 5.92 Å². The summed E-state index contributed by atoms with van der Waals surface area (Å²) in [5.41, 5.74) is -0.953. The first-order chi connectivity index (χ1) is 33.8. The zero-order valence-electron chi connectivity index (χ0n) is 40.6. The first-order valence-corrected chi connectivity index (χ1v) is 23.2. The number of methoxy groups -OCH3 is 2. The summed E-state index contributed by atoms with van der Waals surface area (Å²) in [6, 6.07) is 2.32. The van der Waals surface area contributed by atoms with Crippen molar-refractivity contribution in [1.29, 1.82) is 0 Å². The number of nitrogens with zero attached hydrogens (tertiary/aromatic N) is 3. The highest BCUT2D eigenvalue weighted by atomic mass is 19.2. The van der Waals surface area contributed by atoms with Crippen molar-refractivity contribution in [3.63, 3.8) is 0 Å². The quantitative estimate of drug-likeness (QED) is 0.0764. The fourth-order valence-corrected chi connectivity index (χ4v) is 9.04. The summed E-state index contributed by atoms with van der Waals surface area (Å²) in [4.78, 5) is 106. The normalized spacial score (nSPS) is 23.6. The second-order valence-corrected chi connectivity index (χ2v) is 17.7. The first kappa shape index (κ1) is 54.0. The van der Waals surface area contributed by atoms with Crippen LogP contribution in [-0.4, -0.2) is 177 Å². The Morgan fingerprint density at radius 2 is 1.62 bits per heavy atom. The van der Waals surface area contributed by atoms with E-state index in [1.165, 1.54) is 51.1 Å². The number of ketones is 2. The number of ether oxygens (including phenoxy) is 6. The lowest BCUT2D eigenvalue weighted by Gasteiger charge is -2.40. The predicted octanol–water partition coefficient (Wildman–Crippen LogP) is 1.12. The molecular weight excluding hydrogens is 936 g/mol. The lowest BCUT2D eigenvalue weighted by Crippen LogP contribution is -2.52. The minimum atomic E-state index is -1.16. The standard InChI is InChI=1S/C46H55FN6O15.C2H6O/c1-22(49-31(54)13-15-52-32(55)10-11-33(52)56)44(61)50-23(2)46(63)51(4)16-14-48-45(62)25-19-27-37(30(20-25)68-35-12-9-28(24(3)66-35)67-34-21-65-18-17-53(34)47)43(60)39-38(41(27)58)40(57)26-7-6-8-29(64-5)36(26)42(39)59;1-3-2/h6-8,10-11,22-25,28,30,34-35,58,60H,9,12-21H2,1-5H3,(H,48,62)(H,49,54)(H,50,61);1-2H3/t22?,23-,24-,25?,28-,30-,34?,35?;/m0./s1. The summed E-state index contributed by atoms with van der Waals surface area (Å²) in [5.74, 6) is -6.89. The Morgan fingerprint density at radius 1 is 0.930 bits per heavy atom. The molecule has 22 nitrogen and oxygen atoms in total. The summed E-state index contributed by atoms with van der Waals surface area (Å²) in [7, 11) is 6.05. The van der Waals surface area contributed by atoms with E-state index in [0.717, 1.165) is 17.1 Å². The number of carbonyl (C=O) groups is 8. The fraction of sp³-hybridized carbons (Fsp3) is 0.542. The van der Waals surface area contributed by atoms with Crippen LogP contribution in [0.25, 0.3) is 0 Å². The summed E-state index contributed by atoms with van der Waals surface area (Å²) in [6.45, 7) is 4.67. The molecule has 0 radical (unpaired) electrons. The smallest absolute Gasteiger partial charge is 0.253 e. The van der Waals surface area contributed by atoms with Gasteiger partial charge in [0.2, 0.25) is 29.4 Å². The highest BCUT2D eigenvalue weighted by Gasteiger charge is 2.45. The van der Waals surface area contributed by atoms with Crippen LogP contribution in [0.4, 0.5) is 4.48 Å². The molecule has 2 aliphatic carbocycles. The number of imide groups is 1. The molecule has 5 aliphatic rings. The van der Waals surface area contributed by atoms with Gasteiger partial charge in [-0.05, 0) is 46.1 Å². The summed E-state index contributed by atoms with van der Waals surface area (Å²) < 4.78 is 48.1. The zero-order valence-corrected chi connectivity index (χ0v) is 40.6. The van der Waals surface area contributed by atoms with E-state index >= 15 is 0 Å². The Kier molecular flexibility index (Phi) is 18.0. The van der Waals surface area contributed by atoms with Crippen molar-refractivity contribution in [3.8, 4) is 17.2 Å². The molecule has 3 aliphatic heterocycles. The number of rotatable bonds is 16. The number of likely N-dealkylation sites (N-methyl/N-ethyl adjacent to an activating group) is 1. The number of nitrogens with one attached hydrogen (secondary N) is 3. The van der Waals surface area contributed by atoms with Crippen LogP contribution in [0.3, 0.4) is 0 Å². The summed E-state index contributed by atoms with van der Waals surface area (Å²) >= 11 is 0. The highest BCUT2D eigenvalue weighted by molar-refractivity contribution is 6.31. The number of halogens is 1. The van der Waals surface area contributed by atoms with Crippen LogP contribution in [0.5, 0.6) is 17.2 Å². The van der Waals surface area contributed by atoms with Gasteiger partial charge in [-0.25, -0.2) is 0 Å². The number of phenolic OH excluding ortho intramolecular Hbond substituents is 2. The minimum Gasteiger partial charge on any atom is -0.507 e. The van der Waals surface area contributed by atoms with E-state index in [4.69, 9.17) is 23.7 Å². The molecule has 2 aromatic carbocycles. The van der Waals surface area contributed by atoms with Crippen molar-refractivity contribution < 1.29 is 81.5 Å². The lowest BCUT2D eigenvalue weighted by atomic mass is 9.74. The average Bonchev–Trinajstić information content (AvgIpc) is 3.67. The SMILES string of the molecule is COC.COc1cccc2c1C(=O)c1c(O)c3c(c(O)c1C2=O)CC(C(=O)NCCN(C)C(=O)[C@H](C)NC(=O)C(C)NC(=O)CCN1C(=O)C=CC1=O)C[C@@H]3OC1CC[C@H](OC2COCCN2F)[C@H](C)O1. The van der Waals surface area contributed by atoms with Gasteiger partial charge in [0, 0.05) is 88.5 Å². The van der Waals surface area contributed by atoms with Gasteiger partial charge in [0.05, 0.1) is 61.9 Å². The van der Waals surface area contributed by atoms with Gasteiger partial charge < -0.3 is 59.5 Å². The molecule has 5 N–H and O–H groups in total. The zero-order chi connectivity index (χ0) is 51.8. The molecule has 4 unspecified atom stereocenters. The van der Waals surface area contributed by atoms with E-state index < -0.39 is 118 Å². The molecule has 71 heavy (non-hydrogen) atoms. The van der Waals surface area contributed by atoms with Crippen LogP contribution in [0.15, 0.2) is 30.4 Å². The third-order valence-electron chi connectivity index (χ3n) is 12.7. The maximum atomic E-state index is 14.5. The Morgan fingerprint density at radius 3 is 2.28 bits per heavy atom. The van der Waals surface area contributed by atoms with Gasteiger partial charge in [-0.1, -0.05) is 12.1 Å². The fourth-order valence-electron chi connectivity index (χ4n) is 9.04. The molecule has 2 saturated heterocycles. The molecule has 3 heterocycles. The van der Waals surface area contributed by atoms with Gasteiger partial charge >= 0.3 is 0 Å². The van der Waals surface area contributed by atoms with Crippen molar-refractivity contribution >= 4 is 47.0 Å². The Bertz CT molecular complexity index is 2420. The predicted molar refractivity (Wildman–Crippen MR) is 245 cm³/mol. The van der Waals surface area contributed by atoms with Crippen molar-refractivity contribution in [1.82, 2.24) is 30.9 Å². The number of phenols is 2. The largest absolute Gasteiger partial charge is 0.507 e. The van der Waals surface area contributed by atoms with Crippen LogP contribution in [0.1, 0.15) is 95.5 Å². The maximum Gasteiger partial charge on any atom is 0.253 e. The van der Waals surface area contributed by atoms with Gasteiger partial charge in [0.1, 0.15) is 29.3 Å². The van der Waals surface area contributed by atoms with Crippen LogP contribution in [-0.2, 0) is 58.9 Å². The first-order valence-electron chi connectivity index (χ1n) is 23.2. The molecule has 6 amide bonds. The van der Waals surface area contributed by atoms with E-state index in [1.807, 2.05) is 0 Å². The molecule has 7 rings (SSSR count). The third kappa shape index (κ3) is 12.0. The second-order valence-electron chi connectivity index (χ2n) is 17.7. The van der Waals surface area contributed by atoms with E-state index in [-0.39, 0.29) is 93.1 Å². The Hall–Kier alpha value is -6.37. The number of morpholine rings is 1. The van der Waals surface area contributed by atoms with Crippen molar-refractivity contribution in [3.05, 3.63) is 63.7 Å². The highest BCUT2D eigenvalue weighted by Crippen LogP contribution is 2.51. The average molecular weight is 997 g/mol. The van der Waals surface area contributed by atoms with Crippen LogP contribution >= 0.6 is 0 Å². The van der Waals surface area contributed by atoms with E-state index in [1.54, 1.807) is 21.1 Å². The molecule has 386 valence electrons. The molecule has 2 aromatic rings. The molecule has 0 spiro atoms. The molecule has 8 atom stereocenters. The van der Waals surface area contributed by atoms with Crippen molar-refractivity contribution in [2.45, 2.75) is 95.8 Å². The molecule has 0 aromatic heterocycles. The number of fused-ring (bicyclic) bond motifs is 3. The Labute approximate surface area is 409 Å². The van der Waals surface area contributed by atoms with Crippen LogP contribution in [0, 0.1) is 5.92 Å². The monoisotopic (exact) mass is 996 g/mol. The topological polar surface area (TPSA) is 278 Å². The van der Waals surface area contributed by atoms with Crippen molar-refractivity contribution in [2.75, 3.05) is 67.8 Å². The number of amides is 6. The summed E-state index contributed by atoms with van der Waals surface area (Å²) in [5, 5.41) is 32.2. The van der Waals surface area contributed by atoms with Gasteiger partial charge in [0.15, 0.2) is 18.3 Å². The van der Waals surface area contributed by atoms with Gasteiger partial charge in [-0.2, -0.15) is 0 Å². The lowest BCUT2D eigenvalue weighted by molar-refractivity contribution is -0.283. The number of carbonyl (C=O) groups excluding carboxylic acids is 8. The van der Waals surface area contributed by atoms with Crippen LogP contribution < -0.4 is 20.7 Å². The van der Waals surface area contributed by atoms with E-state index in [0.29, 0.717) is 11.5 Å². The Balaban J connectivity index is 0.00000268. The number of aromatic hydroxyl groups is 2. The molecule has 0 saturated carbocycles. The number of benzene rings is 2. The molecule has 0 bridgehead atoms. The van der Waals surface area contributed by atoms with E-state index in [2.05, 4.69) is 20.7 Å². The third-order valence-corrected chi connectivity index (χ3v) is 12.7. The number of hydrogen-bond acceptors (Lipinski definition) is 17. The van der Waals surface area contributed by atoms with Gasteiger partial charge in [-0.3, -0.25) is 43.3 Å². The summed E-state index contributed by atoms with van der Waals surface area (Å²) in [6.07, 6.45) is -1.83. The molecular formula is C48H61FN6O16. The van der Waals surface area contributed by atoms with Gasteiger partial charge in [0.25, 0.3) is 11.8 Å².